The first-order chi connectivity index (χ1) is 12.3. The molecule has 0 aliphatic carbocycles. The number of aryl methyl sites for hydroxylation is 2. The van der Waals surface area contributed by atoms with Gasteiger partial charge in [-0.05, 0) is 58.4 Å². The second-order valence-corrected chi connectivity index (χ2v) is 6.06. The molecule has 0 saturated carbocycles. The highest BCUT2D eigenvalue weighted by Crippen LogP contribution is 2.15. The minimum atomic E-state index is -0.931. The molecule has 0 radical (unpaired) electrons. The molecule has 0 saturated heterocycles. The Morgan fingerprint density at radius 3 is 2.38 bits per heavy atom. The Balaban J connectivity index is 1.84. The largest absolute Gasteiger partial charge is 0.453 e. The van der Waals surface area contributed by atoms with E-state index in [4.69, 9.17) is 9.26 Å². The number of hydrogen-bond acceptors (Lipinski definition) is 6. The zero-order valence-corrected chi connectivity index (χ0v) is 15.3. The van der Waals surface area contributed by atoms with Crippen molar-refractivity contribution < 1.29 is 23.6 Å². The van der Waals surface area contributed by atoms with Crippen LogP contribution in [0.25, 0.3) is 0 Å². The van der Waals surface area contributed by atoms with Gasteiger partial charge in [0.15, 0.2) is 11.9 Å². The van der Waals surface area contributed by atoms with E-state index in [0.717, 1.165) is 11.3 Å². The lowest BCUT2D eigenvalue weighted by molar-refractivity contribution is -0.153. The van der Waals surface area contributed by atoms with Gasteiger partial charge in [-0.2, -0.15) is 0 Å². The molecule has 7 heteroatoms. The van der Waals surface area contributed by atoms with Crippen molar-refractivity contribution in [1.82, 2.24) is 5.16 Å². The monoisotopic (exact) mass is 358 g/mol. The van der Waals surface area contributed by atoms with Crippen molar-refractivity contribution in [1.29, 1.82) is 0 Å². The lowest BCUT2D eigenvalue weighted by Gasteiger charge is -2.13. The van der Waals surface area contributed by atoms with Gasteiger partial charge < -0.3 is 14.6 Å². The summed E-state index contributed by atoms with van der Waals surface area (Å²) in [6.07, 6.45) is -0.353. The van der Waals surface area contributed by atoms with Crippen molar-refractivity contribution in [2.75, 3.05) is 5.32 Å². The minimum Gasteiger partial charge on any atom is -0.453 e. The van der Waals surface area contributed by atoms with Crippen LogP contribution in [0.5, 0.6) is 0 Å². The van der Waals surface area contributed by atoms with E-state index in [1.165, 1.54) is 13.8 Å². The standard InChI is InChI=1S/C19H22N2O5/c1-11-17(13(3)26-21-11)9-10-18(23)25-14(4)19(24)20-16-7-5-15(6-8-16)12(2)22/h5-8,14H,9-10H2,1-4H3,(H,20,24)/t14-/m0/s1. The van der Waals surface area contributed by atoms with Crippen LogP contribution >= 0.6 is 0 Å². The third-order valence-corrected chi connectivity index (χ3v) is 4.00. The van der Waals surface area contributed by atoms with Gasteiger partial charge in [0.1, 0.15) is 5.76 Å². The first kappa shape index (κ1) is 19.4. The maximum absolute atomic E-state index is 12.1. The van der Waals surface area contributed by atoms with Crippen molar-refractivity contribution >= 4 is 23.3 Å². The summed E-state index contributed by atoms with van der Waals surface area (Å²) in [6, 6.07) is 6.50. The van der Waals surface area contributed by atoms with E-state index in [1.54, 1.807) is 31.2 Å². The van der Waals surface area contributed by atoms with Gasteiger partial charge in [-0.3, -0.25) is 14.4 Å². The molecule has 2 aromatic rings. The summed E-state index contributed by atoms with van der Waals surface area (Å²) in [5, 5.41) is 6.48. The summed E-state index contributed by atoms with van der Waals surface area (Å²) in [5.41, 5.74) is 2.71. The number of esters is 1. The van der Waals surface area contributed by atoms with Crippen LogP contribution in [0.3, 0.4) is 0 Å². The van der Waals surface area contributed by atoms with Gasteiger partial charge in [-0.25, -0.2) is 0 Å². The number of carbonyl (C=O) groups is 3. The first-order valence-corrected chi connectivity index (χ1v) is 8.31. The topological polar surface area (TPSA) is 98.5 Å². The van der Waals surface area contributed by atoms with Crippen LogP contribution in [-0.2, 0) is 20.7 Å². The van der Waals surface area contributed by atoms with Crippen molar-refractivity contribution in [2.45, 2.75) is 46.6 Å². The van der Waals surface area contributed by atoms with Gasteiger partial charge in [0.05, 0.1) is 5.69 Å². The highest BCUT2D eigenvalue weighted by Gasteiger charge is 2.19. The van der Waals surface area contributed by atoms with Crippen LogP contribution in [0, 0.1) is 13.8 Å². The van der Waals surface area contributed by atoms with Gasteiger partial charge in [-0.15, -0.1) is 0 Å². The number of nitrogens with one attached hydrogen (secondary N) is 1. The molecule has 1 amide bonds. The summed E-state index contributed by atoms with van der Waals surface area (Å²) in [7, 11) is 0. The number of aromatic nitrogens is 1. The van der Waals surface area contributed by atoms with Crippen LogP contribution in [-0.4, -0.2) is 28.9 Å². The van der Waals surface area contributed by atoms with E-state index in [-0.39, 0.29) is 12.2 Å². The molecule has 2 rings (SSSR count). The van der Waals surface area contributed by atoms with Crippen LogP contribution in [0.2, 0.25) is 0 Å². The molecule has 7 nitrogen and oxygen atoms in total. The summed E-state index contributed by atoms with van der Waals surface area (Å²) in [6.45, 7) is 6.57. The van der Waals surface area contributed by atoms with Crippen LogP contribution in [0.1, 0.15) is 47.6 Å². The number of benzene rings is 1. The van der Waals surface area contributed by atoms with Crippen molar-refractivity contribution in [2.24, 2.45) is 0 Å². The average molecular weight is 358 g/mol. The zero-order chi connectivity index (χ0) is 19.3. The molecule has 138 valence electrons. The summed E-state index contributed by atoms with van der Waals surface area (Å²) >= 11 is 0. The van der Waals surface area contributed by atoms with Crippen molar-refractivity contribution in [3.63, 3.8) is 0 Å². The molecule has 1 N–H and O–H groups in total. The maximum atomic E-state index is 12.1. The molecule has 1 aromatic carbocycles. The maximum Gasteiger partial charge on any atom is 0.306 e. The lowest BCUT2D eigenvalue weighted by atomic mass is 10.1. The van der Waals surface area contributed by atoms with Gasteiger partial charge in [0, 0.05) is 23.2 Å². The quantitative estimate of drug-likeness (QED) is 0.603. The summed E-state index contributed by atoms with van der Waals surface area (Å²) in [4.78, 5) is 35.3. The predicted octanol–water partition coefficient (Wildman–Crippen LogP) is 3.00. The van der Waals surface area contributed by atoms with E-state index >= 15 is 0 Å². The normalized spacial score (nSPS) is 11.7. The predicted molar refractivity (Wildman–Crippen MR) is 94.9 cm³/mol. The third-order valence-electron chi connectivity index (χ3n) is 4.00. The molecule has 1 aromatic heterocycles. The van der Waals surface area contributed by atoms with E-state index in [1.807, 2.05) is 6.92 Å². The first-order valence-electron chi connectivity index (χ1n) is 8.31. The van der Waals surface area contributed by atoms with E-state index in [9.17, 15) is 14.4 Å². The molecule has 0 unspecified atom stereocenters. The molecule has 0 bridgehead atoms. The number of carbonyl (C=O) groups excluding carboxylic acids is 3. The van der Waals surface area contributed by atoms with Crippen molar-refractivity contribution in [3.8, 4) is 0 Å². The second-order valence-electron chi connectivity index (χ2n) is 6.06. The fourth-order valence-electron chi connectivity index (χ4n) is 2.43. The van der Waals surface area contributed by atoms with Crippen LogP contribution in [0.15, 0.2) is 28.8 Å². The number of amides is 1. The second kappa shape index (κ2) is 8.42. The summed E-state index contributed by atoms with van der Waals surface area (Å²) < 4.78 is 10.2. The van der Waals surface area contributed by atoms with Gasteiger partial charge >= 0.3 is 5.97 Å². The van der Waals surface area contributed by atoms with E-state index in [2.05, 4.69) is 10.5 Å². The molecule has 1 heterocycles. The number of ketones is 1. The Bertz CT molecular complexity index is 788. The molecule has 0 fully saturated rings. The molecule has 26 heavy (non-hydrogen) atoms. The molecule has 0 aliphatic rings. The van der Waals surface area contributed by atoms with Gasteiger partial charge in [0.2, 0.25) is 0 Å². The third kappa shape index (κ3) is 5.02. The lowest BCUT2D eigenvalue weighted by Crippen LogP contribution is -2.30. The number of hydrogen-bond donors (Lipinski definition) is 1. The Morgan fingerprint density at radius 1 is 1.19 bits per heavy atom. The Labute approximate surface area is 151 Å². The van der Waals surface area contributed by atoms with E-state index in [0.29, 0.717) is 23.4 Å². The Hall–Kier alpha value is -2.96. The van der Waals surface area contributed by atoms with Crippen LogP contribution < -0.4 is 5.32 Å². The molecule has 0 aliphatic heterocycles. The molecule has 0 spiro atoms. The smallest absolute Gasteiger partial charge is 0.306 e. The fourth-order valence-corrected chi connectivity index (χ4v) is 2.43. The average Bonchev–Trinajstić information content (AvgIpc) is 2.91. The molecular weight excluding hydrogens is 336 g/mol. The molecular formula is C19H22N2O5. The molecule has 1 atom stereocenters. The highest BCUT2D eigenvalue weighted by molar-refractivity contribution is 5.97. The number of ether oxygens (including phenoxy) is 1. The summed E-state index contributed by atoms with van der Waals surface area (Å²) in [5.74, 6) is -0.288. The Kier molecular flexibility index (Phi) is 6.27. The zero-order valence-electron chi connectivity index (χ0n) is 15.3. The minimum absolute atomic E-state index is 0.0523. The van der Waals surface area contributed by atoms with Gasteiger partial charge in [0.25, 0.3) is 5.91 Å². The highest BCUT2D eigenvalue weighted by atomic mass is 16.5. The number of anilines is 1. The van der Waals surface area contributed by atoms with Crippen molar-refractivity contribution in [3.05, 3.63) is 46.8 Å². The SMILES string of the molecule is CC(=O)c1ccc(NC(=O)[C@H](C)OC(=O)CCc2c(C)noc2C)cc1. The van der Waals surface area contributed by atoms with Crippen LogP contribution in [0.4, 0.5) is 5.69 Å². The number of Topliss-reactive ketones (excluding diaryl/α,β-unsaturated/α-hetero) is 1. The number of rotatable bonds is 7. The number of nitrogens with zero attached hydrogens (tertiary/aromatic N) is 1. The Morgan fingerprint density at radius 2 is 1.85 bits per heavy atom. The van der Waals surface area contributed by atoms with E-state index < -0.39 is 18.0 Å². The van der Waals surface area contributed by atoms with Gasteiger partial charge in [-0.1, -0.05) is 5.16 Å². The fraction of sp³-hybridized carbons (Fsp3) is 0.368.